The van der Waals surface area contributed by atoms with E-state index in [4.69, 9.17) is 19.0 Å². The van der Waals surface area contributed by atoms with Gasteiger partial charge in [0.25, 0.3) is 11.8 Å². The number of aromatic nitrogens is 3. The molecule has 0 saturated carbocycles. The number of alkyl carbamates (subject to hydrolysis) is 1. The normalized spacial score (nSPS) is 16.2. The van der Waals surface area contributed by atoms with Crippen LogP contribution in [0.15, 0.2) is 119 Å². The highest BCUT2D eigenvalue weighted by molar-refractivity contribution is 7.59. The van der Waals surface area contributed by atoms with Crippen LogP contribution in [0.2, 0.25) is 0 Å². The van der Waals surface area contributed by atoms with Crippen LogP contribution in [0.1, 0.15) is 98.7 Å². The summed E-state index contributed by atoms with van der Waals surface area (Å²) in [6, 6.07) is 29.7. The molecule has 4 heterocycles. The highest BCUT2D eigenvalue weighted by Crippen LogP contribution is 2.37. The zero-order chi connectivity index (χ0) is 41.4. The Bertz CT molecular complexity index is 2560. The maximum Gasteiger partial charge on any atom is 0.407 e. The summed E-state index contributed by atoms with van der Waals surface area (Å²) in [7, 11) is 2.65. The van der Waals surface area contributed by atoms with Gasteiger partial charge in [-0.05, 0) is 79.3 Å². The van der Waals surface area contributed by atoms with Crippen LogP contribution in [0, 0.1) is 11.8 Å². The number of H-pyrrole nitrogens is 1. The van der Waals surface area contributed by atoms with Gasteiger partial charge in [-0.15, -0.1) is 0 Å². The number of amides is 3. The largest absolute Gasteiger partial charge is 0.453 e. The number of hydrogen-bond donors (Lipinski definition) is 2. The average Bonchev–Trinajstić information content (AvgIpc) is 4.13. The monoisotopic (exact) mass is 905 g/mol. The number of carbonyl (C=O) groups is 3. The fourth-order valence-corrected chi connectivity index (χ4v) is 7.79. The van der Waals surface area contributed by atoms with E-state index < -0.39 is 18.2 Å². The Morgan fingerprint density at radius 2 is 1.45 bits per heavy atom. The van der Waals surface area contributed by atoms with Crippen LogP contribution < -0.4 is 5.32 Å². The molecule has 336 valence electrons. The number of carbonyl (C=O) groups excluding carboxylic acids is 3. The van der Waals surface area contributed by atoms with E-state index in [0.29, 0.717) is 36.1 Å². The second-order valence-corrected chi connectivity index (χ2v) is 14.4. The fraction of sp³-hybridized carbons (Fsp3) is 0.292. The molecule has 14 nitrogen and oxygen atoms in total. The maximum absolute atomic E-state index is 13.9. The van der Waals surface area contributed by atoms with Gasteiger partial charge >= 0.3 is 6.09 Å². The van der Waals surface area contributed by atoms with Gasteiger partial charge in [0.15, 0.2) is 11.8 Å². The minimum absolute atomic E-state index is 0. The molecule has 16 heteroatoms. The first-order valence-corrected chi connectivity index (χ1v) is 19.7. The van der Waals surface area contributed by atoms with Crippen molar-refractivity contribution < 1.29 is 33.3 Å². The number of hydrogen-bond acceptors (Lipinski definition) is 10. The molecular weight excluding hydrogens is 851 g/mol. The molecule has 2 aromatic heterocycles. The van der Waals surface area contributed by atoms with Crippen LogP contribution in [0.5, 0.6) is 0 Å². The quantitative estimate of drug-likeness (QED) is 0.0425. The van der Waals surface area contributed by atoms with Gasteiger partial charge in [-0.3, -0.25) is 9.59 Å². The van der Waals surface area contributed by atoms with Crippen molar-refractivity contribution in [2.75, 3.05) is 27.3 Å². The minimum Gasteiger partial charge on any atom is -0.453 e. The summed E-state index contributed by atoms with van der Waals surface area (Å²) in [6.45, 7) is 1.10. The summed E-state index contributed by atoms with van der Waals surface area (Å²) in [5, 5.41) is 2.71. The van der Waals surface area contributed by atoms with Crippen LogP contribution in [0.3, 0.4) is 0 Å². The predicted octanol–water partition coefficient (Wildman–Crippen LogP) is 8.89. The Hall–Kier alpha value is -6.54. The van der Waals surface area contributed by atoms with Crippen molar-refractivity contribution in [1.82, 2.24) is 30.1 Å². The third kappa shape index (κ3) is 11.1. The topological polar surface area (TPSA) is 164 Å². The summed E-state index contributed by atoms with van der Waals surface area (Å²) in [5.41, 5.74) is 5.44. The van der Waals surface area contributed by atoms with Gasteiger partial charge in [0.05, 0.1) is 37.5 Å². The summed E-state index contributed by atoms with van der Waals surface area (Å²) in [6.07, 6.45) is 5.21. The molecular formula is C48H55N7O7S2. The van der Waals surface area contributed by atoms with Crippen LogP contribution in [-0.4, -0.2) is 76.4 Å². The molecule has 0 unspecified atom stereocenters. The molecule has 2 fully saturated rings. The SMILES string of the molecule is C.C.COOC=N[C@@H](C(=O)N1CCC[C@H]1c1ncc(-c2ccc(C#Cc3ccc4nc([C@@H]5CCCN5C(=O)[C@H](NC(=O)OC)c5ccccc5)[nH]c4c3)cc2)o1)c1ccccc1.S.S. The standard InChI is InChI=1S/C46H43N7O7.2CH4.2H2S/c1-57-46(56)51-41(34-13-7-4-8-14-34)45(55)52-25-9-15-37(52)42-49-35-24-21-31(27-36(35)50-42)18-17-30-19-22-32(23-20-30)39-28-47-43(60-39)38-16-10-26-53(38)44(54)40(48-29-59-58-2)33-11-5-3-6-12-33;;;;/h3-8,11-14,19-24,27-29,37-38,40-41H,9-10,15-16,25-26H2,1-2H3,(H,49,50)(H,51,56);2*1H4;2*1H2/t37-,38-,40+,41+;;;;/m0..../s1. The second-order valence-electron chi connectivity index (χ2n) is 14.4. The van der Waals surface area contributed by atoms with Gasteiger partial charge in [-0.2, -0.15) is 31.9 Å². The number of rotatable bonds is 11. The van der Waals surface area contributed by atoms with E-state index in [0.717, 1.165) is 65.4 Å². The van der Waals surface area contributed by atoms with E-state index in [2.05, 4.69) is 37.0 Å². The zero-order valence-electron chi connectivity index (χ0n) is 34.1. The fourth-order valence-electron chi connectivity index (χ4n) is 7.79. The summed E-state index contributed by atoms with van der Waals surface area (Å²) in [4.78, 5) is 70.3. The number of fused-ring (bicyclic) bond motifs is 1. The smallest absolute Gasteiger partial charge is 0.407 e. The lowest BCUT2D eigenvalue weighted by atomic mass is 10.1. The molecule has 2 aliphatic heterocycles. The molecule has 3 amide bonds. The first kappa shape index (κ1) is 50.1. The highest BCUT2D eigenvalue weighted by atomic mass is 32.1. The van der Waals surface area contributed by atoms with E-state index in [1.807, 2.05) is 103 Å². The number of nitrogens with zero attached hydrogens (tertiary/aromatic N) is 5. The molecule has 8 rings (SSSR count). The lowest BCUT2D eigenvalue weighted by molar-refractivity contribution is -0.188. The molecule has 0 bridgehead atoms. The third-order valence-electron chi connectivity index (χ3n) is 10.7. The molecule has 2 aliphatic rings. The summed E-state index contributed by atoms with van der Waals surface area (Å²) in [5.74, 6) is 7.85. The third-order valence-corrected chi connectivity index (χ3v) is 10.7. The van der Waals surface area contributed by atoms with E-state index in [-0.39, 0.29) is 65.7 Å². The number of imidazole rings is 1. The molecule has 4 atom stereocenters. The minimum atomic E-state index is -0.893. The molecule has 2 saturated heterocycles. The number of nitrogens with one attached hydrogen (secondary N) is 2. The molecule has 0 radical (unpaired) electrons. The van der Waals surface area contributed by atoms with Crippen molar-refractivity contribution in [2.45, 2.75) is 64.7 Å². The number of aromatic amines is 1. The van der Waals surface area contributed by atoms with Crippen molar-refractivity contribution in [3.63, 3.8) is 0 Å². The molecule has 6 aromatic rings. The van der Waals surface area contributed by atoms with Crippen molar-refractivity contribution >= 4 is 62.3 Å². The number of aliphatic imine (C=N–C) groups is 1. The van der Waals surface area contributed by atoms with Gasteiger partial charge in [-0.1, -0.05) is 87.4 Å². The summed E-state index contributed by atoms with van der Waals surface area (Å²) >= 11 is 0. The van der Waals surface area contributed by atoms with E-state index in [1.54, 1.807) is 16.0 Å². The number of oxazole rings is 1. The van der Waals surface area contributed by atoms with Crippen molar-refractivity contribution in [2.24, 2.45) is 4.99 Å². The van der Waals surface area contributed by atoms with Gasteiger partial charge in [0, 0.05) is 29.8 Å². The zero-order valence-corrected chi connectivity index (χ0v) is 36.1. The maximum atomic E-state index is 13.9. The number of methoxy groups -OCH3 is 1. The molecule has 0 spiro atoms. The van der Waals surface area contributed by atoms with E-state index >= 15 is 0 Å². The number of likely N-dealkylation sites (tertiary alicyclic amines) is 2. The Morgan fingerprint density at radius 3 is 2.12 bits per heavy atom. The molecule has 64 heavy (non-hydrogen) atoms. The van der Waals surface area contributed by atoms with Crippen LogP contribution >= 0.6 is 27.0 Å². The Balaban J connectivity index is 0.00000224. The second kappa shape index (κ2) is 23.2. The van der Waals surface area contributed by atoms with Crippen molar-refractivity contribution in [3.05, 3.63) is 143 Å². The molecule has 0 aliphatic carbocycles. The molecule has 2 N–H and O–H groups in total. The van der Waals surface area contributed by atoms with Crippen molar-refractivity contribution in [3.8, 4) is 23.2 Å². The average molecular weight is 906 g/mol. The van der Waals surface area contributed by atoms with Crippen molar-refractivity contribution in [1.29, 1.82) is 0 Å². The predicted molar refractivity (Wildman–Crippen MR) is 256 cm³/mol. The first-order chi connectivity index (χ1) is 29.4. The van der Waals surface area contributed by atoms with Crippen LogP contribution in [0.25, 0.3) is 22.4 Å². The highest BCUT2D eigenvalue weighted by Gasteiger charge is 2.38. The lowest BCUT2D eigenvalue weighted by Gasteiger charge is -2.28. The lowest BCUT2D eigenvalue weighted by Crippen LogP contribution is -2.42. The van der Waals surface area contributed by atoms with Gasteiger partial charge in [0.2, 0.25) is 12.3 Å². The van der Waals surface area contributed by atoms with Gasteiger partial charge in [-0.25, -0.2) is 19.8 Å². The van der Waals surface area contributed by atoms with Crippen LogP contribution in [0.4, 0.5) is 4.79 Å². The van der Waals surface area contributed by atoms with Gasteiger partial charge < -0.3 is 34.1 Å². The van der Waals surface area contributed by atoms with Crippen LogP contribution in [-0.2, 0) is 24.1 Å². The number of ether oxygens (including phenoxy) is 1. The van der Waals surface area contributed by atoms with Gasteiger partial charge in [0.1, 0.15) is 17.9 Å². The Morgan fingerprint density at radius 1 is 0.828 bits per heavy atom. The number of benzene rings is 4. The summed E-state index contributed by atoms with van der Waals surface area (Å²) < 4.78 is 11.1. The molecule has 4 aromatic carbocycles. The first-order valence-electron chi connectivity index (χ1n) is 19.7. The van der Waals surface area contributed by atoms with E-state index in [9.17, 15) is 14.4 Å². The Labute approximate surface area is 387 Å². The van der Waals surface area contributed by atoms with E-state index in [1.165, 1.54) is 14.2 Å². The Kier molecular flexibility index (Phi) is 18.2.